The van der Waals surface area contributed by atoms with E-state index in [1.54, 1.807) is 29.8 Å². The third kappa shape index (κ3) is 2.95. The molecule has 6 nitrogen and oxygen atoms in total. The average Bonchev–Trinajstić information content (AvgIpc) is 3.14. The molecular formula is C17H15ClF3N5O. The number of alkyl halides is 3. The van der Waals surface area contributed by atoms with Gasteiger partial charge in [-0.15, -0.1) is 0 Å². The van der Waals surface area contributed by atoms with E-state index in [0.29, 0.717) is 41.0 Å². The van der Waals surface area contributed by atoms with Crippen molar-refractivity contribution >= 4 is 34.5 Å². The van der Waals surface area contributed by atoms with Crippen LogP contribution in [0.15, 0.2) is 18.2 Å². The van der Waals surface area contributed by atoms with Crippen molar-refractivity contribution in [3.63, 3.8) is 0 Å². The Morgan fingerprint density at radius 3 is 2.74 bits per heavy atom. The van der Waals surface area contributed by atoms with Gasteiger partial charge in [0.15, 0.2) is 5.69 Å². The highest BCUT2D eigenvalue weighted by atomic mass is 35.5. The smallest absolute Gasteiger partial charge is 0.324 e. The topological polar surface area (TPSA) is 64.7 Å². The van der Waals surface area contributed by atoms with Gasteiger partial charge in [0.1, 0.15) is 0 Å². The average molecular weight is 398 g/mol. The molecule has 0 atom stereocenters. The molecule has 142 valence electrons. The SMILES string of the molecule is Cn1c(NC(=O)c2nc(C(F)(F)F)n3c2CCCC3)nc2cccc(Cl)c21. The number of anilines is 1. The molecule has 4 rings (SSSR count). The molecule has 1 amide bonds. The van der Waals surface area contributed by atoms with Gasteiger partial charge < -0.3 is 9.13 Å². The highest BCUT2D eigenvalue weighted by Gasteiger charge is 2.40. The molecule has 0 spiro atoms. The Balaban J connectivity index is 1.73. The number of benzene rings is 1. The number of carbonyl (C=O) groups excluding carboxylic acids is 1. The maximum Gasteiger partial charge on any atom is 0.449 e. The molecule has 1 aliphatic rings. The van der Waals surface area contributed by atoms with Gasteiger partial charge in [0.05, 0.1) is 21.7 Å². The van der Waals surface area contributed by atoms with Gasteiger partial charge in [-0.2, -0.15) is 13.2 Å². The van der Waals surface area contributed by atoms with E-state index in [4.69, 9.17) is 11.6 Å². The lowest BCUT2D eigenvalue weighted by Crippen LogP contribution is -2.20. The van der Waals surface area contributed by atoms with E-state index in [2.05, 4.69) is 15.3 Å². The van der Waals surface area contributed by atoms with Crippen LogP contribution in [0.1, 0.15) is 34.8 Å². The standard InChI is InChI=1S/C17H15ClF3N5O/c1-25-13-9(18)5-4-6-10(13)22-16(25)24-14(27)12-11-7-2-3-8-26(11)15(23-12)17(19,20)21/h4-6H,2-3,7-8H2,1H3,(H,22,24,27). The van der Waals surface area contributed by atoms with Crippen LogP contribution in [0.3, 0.4) is 0 Å². The predicted octanol–water partition coefficient (Wildman–Crippen LogP) is 4.03. The molecule has 27 heavy (non-hydrogen) atoms. The second kappa shape index (κ2) is 6.26. The number of fused-ring (bicyclic) bond motifs is 2. The molecule has 0 aliphatic carbocycles. The number of aryl methyl sites for hydroxylation is 1. The molecule has 0 radical (unpaired) electrons. The van der Waals surface area contributed by atoms with Gasteiger partial charge in [-0.3, -0.25) is 10.1 Å². The molecule has 3 aromatic rings. The van der Waals surface area contributed by atoms with Crippen LogP contribution in [0, 0.1) is 0 Å². The van der Waals surface area contributed by atoms with Crippen molar-refractivity contribution in [2.45, 2.75) is 32.0 Å². The zero-order valence-electron chi connectivity index (χ0n) is 14.3. The van der Waals surface area contributed by atoms with Crippen LogP contribution in [0.2, 0.25) is 5.02 Å². The molecule has 0 fully saturated rings. The molecule has 0 bridgehead atoms. The van der Waals surface area contributed by atoms with E-state index in [1.807, 2.05) is 0 Å². The van der Waals surface area contributed by atoms with Gasteiger partial charge >= 0.3 is 6.18 Å². The van der Waals surface area contributed by atoms with Gasteiger partial charge in [0.2, 0.25) is 11.8 Å². The Morgan fingerprint density at radius 2 is 2.04 bits per heavy atom. The van der Waals surface area contributed by atoms with Crippen molar-refractivity contribution in [3.8, 4) is 0 Å². The number of nitrogens with zero attached hydrogens (tertiary/aromatic N) is 4. The lowest BCUT2D eigenvalue weighted by atomic mass is 10.1. The van der Waals surface area contributed by atoms with E-state index in [1.165, 1.54) is 0 Å². The number of hydrogen-bond acceptors (Lipinski definition) is 3. The van der Waals surface area contributed by atoms with E-state index in [9.17, 15) is 18.0 Å². The molecular weight excluding hydrogens is 383 g/mol. The summed E-state index contributed by atoms with van der Waals surface area (Å²) in [6.07, 6.45) is -2.90. The van der Waals surface area contributed by atoms with Gasteiger partial charge in [-0.05, 0) is 31.4 Å². The Labute approximate surface area is 157 Å². The van der Waals surface area contributed by atoms with Crippen LogP contribution in [0.25, 0.3) is 11.0 Å². The van der Waals surface area contributed by atoms with Crippen molar-refractivity contribution in [1.29, 1.82) is 0 Å². The van der Waals surface area contributed by atoms with Crippen LogP contribution in [0.5, 0.6) is 0 Å². The number of aromatic nitrogens is 4. The maximum absolute atomic E-state index is 13.3. The Morgan fingerprint density at radius 1 is 1.26 bits per heavy atom. The minimum Gasteiger partial charge on any atom is -0.324 e. The third-order valence-electron chi connectivity index (χ3n) is 4.66. The lowest BCUT2D eigenvalue weighted by Gasteiger charge is -2.18. The number of rotatable bonds is 2. The minimum absolute atomic E-state index is 0.189. The summed E-state index contributed by atoms with van der Waals surface area (Å²) in [5.41, 5.74) is 1.29. The second-order valence-electron chi connectivity index (χ2n) is 6.39. The first-order chi connectivity index (χ1) is 12.8. The largest absolute Gasteiger partial charge is 0.449 e. The number of carbonyl (C=O) groups is 1. The third-order valence-corrected chi connectivity index (χ3v) is 4.96. The van der Waals surface area contributed by atoms with Crippen molar-refractivity contribution in [2.24, 2.45) is 7.05 Å². The van der Waals surface area contributed by atoms with E-state index in [0.717, 1.165) is 4.57 Å². The van der Waals surface area contributed by atoms with Crippen LogP contribution in [0.4, 0.5) is 19.1 Å². The van der Waals surface area contributed by atoms with Crippen LogP contribution in [-0.4, -0.2) is 25.0 Å². The van der Waals surface area contributed by atoms with Gasteiger partial charge in [-0.1, -0.05) is 17.7 Å². The van der Waals surface area contributed by atoms with Crippen molar-refractivity contribution in [1.82, 2.24) is 19.1 Å². The number of halogens is 4. The first-order valence-electron chi connectivity index (χ1n) is 8.36. The van der Waals surface area contributed by atoms with Crippen LogP contribution < -0.4 is 5.32 Å². The molecule has 1 aromatic carbocycles. The molecule has 0 saturated heterocycles. The number of hydrogen-bond donors (Lipinski definition) is 1. The summed E-state index contributed by atoms with van der Waals surface area (Å²) in [5, 5.41) is 3.03. The number of imidazole rings is 2. The van der Waals surface area contributed by atoms with Crippen LogP contribution >= 0.6 is 11.6 Å². The first kappa shape index (κ1) is 17.8. The summed E-state index contributed by atoms with van der Waals surface area (Å²) in [5.74, 6) is -1.56. The Kier molecular flexibility index (Phi) is 4.14. The Bertz CT molecular complexity index is 1050. The number of nitrogens with one attached hydrogen (secondary N) is 1. The van der Waals surface area contributed by atoms with E-state index in [-0.39, 0.29) is 18.2 Å². The summed E-state index contributed by atoms with van der Waals surface area (Å²) in [6.45, 7) is 0.201. The van der Waals surface area contributed by atoms with E-state index < -0.39 is 17.9 Å². The summed E-state index contributed by atoms with van der Waals surface area (Å²) >= 11 is 6.16. The van der Waals surface area contributed by atoms with E-state index >= 15 is 0 Å². The van der Waals surface area contributed by atoms with Gasteiger partial charge in [0.25, 0.3) is 5.91 Å². The second-order valence-corrected chi connectivity index (χ2v) is 6.80. The normalized spacial score (nSPS) is 14.4. The van der Waals surface area contributed by atoms with Gasteiger partial charge in [-0.25, -0.2) is 9.97 Å². The fourth-order valence-electron chi connectivity index (χ4n) is 3.44. The lowest BCUT2D eigenvalue weighted by molar-refractivity contribution is -0.147. The Hall–Kier alpha value is -2.55. The number of amides is 1. The molecule has 1 N–H and O–H groups in total. The molecule has 10 heteroatoms. The summed E-state index contributed by atoms with van der Waals surface area (Å²) in [4.78, 5) is 20.6. The van der Waals surface area contributed by atoms with Crippen LogP contribution in [-0.2, 0) is 26.2 Å². The highest BCUT2D eigenvalue weighted by molar-refractivity contribution is 6.35. The highest BCUT2D eigenvalue weighted by Crippen LogP contribution is 2.33. The zero-order chi connectivity index (χ0) is 19.3. The van der Waals surface area contributed by atoms with Crippen molar-refractivity contribution < 1.29 is 18.0 Å². The summed E-state index contributed by atoms with van der Waals surface area (Å²) in [6, 6.07) is 5.15. The van der Waals surface area contributed by atoms with Crippen molar-refractivity contribution in [2.75, 3.05) is 5.32 Å². The predicted molar refractivity (Wildman–Crippen MR) is 93.8 cm³/mol. The summed E-state index contributed by atoms with van der Waals surface area (Å²) in [7, 11) is 1.67. The fraction of sp³-hybridized carbons (Fsp3) is 0.353. The molecule has 3 heterocycles. The monoisotopic (exact) mass is 397 g/mol. The molecule has 0 unspecified atom stereocenters. The zero-order valence-corrected chi connectivity index (χ0v) is 15.0. The number of para-hydroxylation sites is 1. The quantitative estimate of drug-likeness (QED) is 0.710. The molecule has 0 saturated carbocycles. The molecule has 1 aliphatic heterocycles. The van der Waals surface area contributed by atoms with Crippen molar-refractivity contribution in [3.05, 3.63) is 40.4 Å². The minimum atomic E-state index is -4.62. The maximum atomic E-state index is 13.3. The fourth-order valence-corrected chi connectivity index (χ4v) is 3.73. The molecule has 2 aromatic heterocycles. The summed E-state index contributed by atoms with van der Waals surface area (Å²) < 4.78 is 42.5. The van der Waals surface area contributed by atoms with Gasteiger partial charge in [0, 0.05) is 13.6 Å². The first-order valence-corrected chi connectivity index (χ1v) is 8.74.